The summed E-state index contributed by atoms with van der Waals surface area (Å²) in [6.45, 7) is 2.01. The smallest absolute Gasteiger partial charge is 0.427 e. The van der Waals surface area contributed by atoms with Gasteiger partial charge in [0.05, 0.1) is 17.9 Å². The van der Waals surface area contributed by atoms with Crippen molar-refractivity contribution in [1.29, 1.82) is 0 Å². The van der Waals surface area contributed by atoms with Gasteiger partial charge in [0.2, 0.25) is 0 Å². The summed E-state index contributed by atoms with van der Waals surface area (Å²) in [5, 5.41) is 4.05. The maximum atomic E-state index is 10.9. The molecule has 0 bridgehead atoms. The molecule has 0 aliphatic heterocycles. The molecule has 1 aromatic carbocycles. The van der Waals surface area contributed by atoms with Gasteiger partial charge >= 0.3 is 6.09 Å². The minimum atomic E-state index is -0.604. The lowest BCUT2D eigenvalue weighted by Crippen LogP contribution is -2.18. The van der Waals surface area contributed by atoms with Crippen molar-refractivity contribution in [3.05, 3.63) is 40.9 Å². The third-order valence-electron chi connectivity index (χ3n) is 1.72. The lowest BCUT2D eigenvalue weighted by molar-refractivity contribution is 0.152. The van der Waals surface area contributed by atoms with Crippen LogP contribution in [0.2, 0.25) is 0 Å². The van der Waals surface area contributed by atoms with Crippen LogP contribution in [-0.2, 0) is 4.74 Å². The highest BCUT2D eigenvalue weighted by atomic mass is 35.5. The zero-order valence-electron chi connectivity index (χ0n) is 9.39. The van der Waals surface area contributed by atoms with E-state index in [4.69, 9.17) is 11.6 Å². The summed E-state index contributed by atoms with van der Waals surface area (Å²) in [5.41, 5.74) is 3.14. The second-order valence-corrected chi connectivity index (χ2v) is 3.47. The Bertz CT molecular complexity index is 416. The fourth-order valence-corrected chi connectivity index (χ4v) is 1.23. The van der Waals surface area contributed by atoms with E-state index in [2.05, 4.69) is 15.3 Å². The molecule has 0 aliphatic rings. The number of carbonyl (C=O) groups is 1. The minimum absolute atomic E-state index is 0.301. The average molecular weight is 253 g/mol. The van der Waals surface area contributed by atoms with Gasteiger partial charge in [-0.2, -0.15) is 5.10 Å². The van der Waals surface area contributed by atoms with Gasteiger partial charge in [0.1, 0.15) is 0 Å². The van der Waals surface area contributed by atoms with Crippen LogP contribution in [0.25, 0.3) is 6.08 Å². The second kappa shape index (κ2) is 7.46. The molecular formula is C12H13ClN2O2. The molecule has 0 aromatic heterocycles. The molecule has 0 heterocycles. The second-order valence-electron chi connectivity index (χ2n) is 3.03. The lowest BCUT2D eigenvalue weighted by Gasteiger charge is -1.98. The van der Waals surface area contributed by atoms with Crippen molar-refractivity contribution < 1.29 is 9.53 Å². The third-order valence-corrected chi connectivity index (χ3v) is 1.93. The van der Waals surface area contributed by atoms with Crippen LogP contribution in [0.1, 0.15) is 12.5 Å². The quantitative estimate of drug-likeness (QED) is 0.662. The molecule has 0 saturated carbocycles. The number of carbonyl (C=O) groups excluding carboxylic acids is 1. The summed E-state index contributed by atoms with van der Waals surface area (Å²) in [4.78, 5) is 10.9. The minimum Gasteiger partial charge on any atom is -0.449 e. The maximum absolute atomic E-state index is 10.9. The monoisotopic (exact) mass is 252 g/mol. The van der Waals surface area contributed by atoms with Gasteiger partial charge in [0, 0.05) is 0 Å². The fourth-order valence-electron chi connectivity index (χ4n) is 1.06. The van der Waals surface area contributed by atoms with Gasteiger partial charge in [0.25, 0.3) is 0 Å². The summed E-state index contributed by atoms with van der Waals surface area (Å²) < 4.78 is 4.62. The lowest BCUT2D eigenvalue weighted by atomic mass is 10.2. The summed E-state index contributed by atoms with van der Waals surface area (Å²) >= 11 is 5.90. The number of allylic oxidation sites excluding steroid dienone is 1. The summed E-state index contributed by atoms with van der Waals surface area (Å²) in [5.74, 6) is 0. The largest absolute Gasteiger partial charge is 0.449 e. The number of nitrogens with one attached hydrogen (secondary N) is 1. The molecule has 0 radical (unpaired) electrons. The standard InChI is InChI=1S/C12H13ClN2O2/c1-2-17-12(16)15-14-9-11(13)8-10-6-4-3-5-7-10/h3-9H,2H2,1H3,(H,15,16). The van der Waals surface area contributed by atoms with E-state index in [9.17, 15) is 4.79 Å². The van der Waals surface area contributed by atoms with E-state index in [1.807, 2.05) is 30.3 Å². The van der Waals surface area contributed by atoms with Crippen LogP contribution in [-0.4, -0.2) is 18.9 Å². The molecule has 0 fully saturated rings. The Morgan fingerprint density at radius 2 is 2.18 bits per heavy atom. The van der Waals surface area contributed by atoms with Crippen LogP contribution in [0.4, 0.5) is 4.79 Å². The van der Waals surface area contributed by atoms with Crippen molar-refractivity contribution in [2.24, 2.45) is 5.10 Å². The highest BCUT2D eigenvalue weighted by Gasteiger charge is 1.95. The number of ether oxygens (including phenoxy) is 1. The van der Waals surface area contributed by atoms with Gasteiger partial charge in [-0.3, -0.25) is 0 Å². The number of hydrogen-bond acceptors (Lipinski definition) is 3. The molecule has 1 aromatic rings. The van der Waals surface area contributed by atoms with E-state index in [-0.39, 0.29) is 0 Å². The number of halogens is 1. The van der Waals surface area contributed by atoms with Crippen molar-refractivity contribution in [1.82, 2.24) is 5.43 Å². The van der Waals surface area contributed by atoms with E-state index in [0.717, 1.165) is 5.56 Å². The normalized spacial score (nSPS) is 11.5. The number of hydrazone groups is 1. The molecule has 17 heavy (non-hydrogen) atoms. The van der Waals surface area contributed by atoms with Crippen LogP contribution in [0.3, 0.4) is 0 Å². The molecule has 0 saturated heterocycles. The number of benzene rings is 1. The van der Waals surface area contributed by atoms with Crippen LogP contribution in [0, 0.1) is 0 Å². The predicted molar refractivity (Wildman–Crippen MR) is 68.9 cm³/mol. The summed E-state index contributed by atoms with van der Waals surface area (Å²) in [7, 11) is 0. The first-order valence-electron chi connectivity index (χ1n) is 5.10. The van der Waals surface area contributed by atoms with Crippen LogP contribution in [0.5, 0.6) is 0 Å². The molecule has 1 amide bonds. The Balaban J connectivity index is 2.49. The van der Waals surface area contributed by atoms with Crippen molar-refractivity contribution in [3.8, 4) is 0 Å². The van der Waals surface area contributed by atoms with E-state index in [0.29, 0.717) is 11.6 Å². The Kier molecular flexibility index (Phi) is 5.82. The Morgan fingerprint density at radius 3 is 2.82 bits per heavy atom. The fraction of sp³-hybridized carbons (Fsp3) is 0.167. The van der Waals surface area contributed by atoms with Gasteiger partial charge in [-0.15, -0.1) is 0 Å². The highest BCUT2D eigenvalue weighted by molar-refractivity contribution is 6.41. The first-order chi connectivity index (χ1) is 8.22. The third kappa shape index (κ3) is 5.73. The van der Waals surface area contributed by atoms with E-state index >= 15 is 0 Å². The first-order valence-corrected chi connectivity index (χ1v) is 5.48. The SMILES string of the molecule is CCOC(=O)NN=CC(Cl)=Cc1ccccc1. The molecule has 4 nitrogen and oxygen atoms in total. The maximum Gasteiger partial charge on any atom is 0.427 e. The number of amides is 1. The van der Waals surface area contributed by atoms with Crippen LogP contribution >= 0.6 is 11.6 Å². The van der Waals surface area contributed by atoms with E-state index < -0.39 is 6.09 Å². The molecule has 1 rings (SSSR count). The van der Waals surface area contributed by atoms with Crippen molar-refractivity contribution in [3.63, 3.8) is 0 Å². The average Bonchev–Trinajstić information content (AvgIpc) is 2.30. The van der Waals surface area contributed by atoms with Crippen LogP contribution < -0.4 is 5.43 Å². The number of rotatable bonds is 4. The number of nitrogens with zero attached hydrogens (tertiary/aromatic N) is 1. The molecule has 0 spiro atoms. The molecular weight excluding hydrogens is 240 g/mol. The molecule has 0 unspecified atom stereocenters. The van der Waals surface area contributed by atoms with Gasteiger partial charge in [-0.05, 0) is 18.6 Å². The summed E-state index contributed by atoms with van der Waals surface area (Å²) in [6, 6.07) is 9.56. The van der Waals surface area contributed by atoms with Crippen molar-refractivity contribution >= 4 is 30.0 Å². The zero-order valence-corrected chi connectivity index (χ0v) is 10.1. The topological polar surface area (TPSA) is 50.7 Å². The van der Waals surface area contributed by atoms with Gasteiger partial charge in [0.15, 0.2) is 0 Å². The molecule has 90 valence electrons. The number of hydrogen-bond donors (Lipinski definition) is 1. The molecule has 0 aliphatic carbocycles. The highest BCUT2D eigenvalue weighted by Crippen LogP contribution is 2.07. The first kappa shape index (κ1) is 13.3. The van der Waals surface area contributed by atoms with Gasteiger partial charge < -0.3 is 4.74 Å². The predicted octanol–water partition coefficient (Wildman–Crippen LogP) is 3.00. The van der Waals surface area contributed by atoms with Gasteiger partial charge in [-0.25, -0.2) is 10.2 Å². The van der Waals surface area contributed by atoms with Crippen molar-refractivity contribution in [2.75, 3.05) is 6.61 Å². The zero-order chi connectivity index (χ0) is 12.5. The van der Waals surface area contributed by atoms with Crippen molar-refractivity contribution in [2.45, 2.75) is 6.92 Å². The molecule has 0 atom stereocenters. The Hall–Kier alpha value is -1.81. The Labute approximate surface area is 105 Å². The Morgan fingerprint density at radius 1 is 1.47 bits per heavy atom. The van der Waals surface area contributed by atoms with E-state index in [1.54, 1.807) is 13.0 Å². The molecule has 1 N–H and O–H groups in total. The molecule has 5 heteroatoms. The van der Waals surface area contributed by atoms with Gasteiger partial charge in [-0.1, -0.05) is 41.9 Å². The summed E-state index contributed by atoms with van der Waals surface area (Å²) in [6.07, 6.45) is 2.47. The van der Waals surface area contributed by atoms with Crippen LogP contribution in [0.15, 0.2) is 40.5 Å². The van der Waals surface area contributed by atoms with E-state index in [1.165, 1.54) is 6.21 Å².